The number of rotatable bonds is 2. The SMILES string of the molecule is Cc1ccc(C(=O)OC2CC3CCC2(C)C3(C)C)n1C. The average molecular weight is 275 g/mol. The number of hydrogen-bond donors (Lipinski definition) is 0. The first-order valence-electron chi connectivity index (χ1n) is 7.60. The Balaban J connectivity index is 1.80. The highest BCUT2D eigenvalue weighted by Gasteiger charge is 2.62. The molecule has 0 radical (unpaired) electrons. The molecule has 2 bridgehead atoms. The van der Waals surface area contributed by atoms with Crippen molar-refractivity contribution in [3.8, 4) is 0 Å². The van der Waals surface area contributed by atoms with Gasteiger partial charge in [0.15, 0.2) is 0 Å². The molecule has 3 nitrogen and oxygen atoms in total. The van der Waals surface area contributed by atoms with Gasteiger partial charge in [-0.3, -0.25) is 0 Å². The fourth-order valence-electron chi connectivity index (χ4n) is 4.32. The standard InChI is InChI=1S/C17H25NO2/c1-11-6-7-13(18(11)5)15(19)20-14-10-12-8-9-17(14,4)16(12,2)3/h6-7,12,14H,8-10H2,1-5H3. The zero-order chi connectivity index (χ0) is 14.7. The van der Waals surface area contributed by atoms with Crippen LogP contribution in [0.15, 0.2) is 12.1 Å². The van der Waals surface area contributed by atoms with Gasteiger partial charge in [-0.05, 0) is 49.7 Å². The van der Waals surface area contributed by atoms with Crippen LogP contribution in [0.25, 0.3) is 0 Å². The van der Waals surface area contributed by atoms with Gasteiger partial charge in [-0.15, -0.1) is 0 Å². The summed E-state index contributed by atoms with van der Waals surface area (Å²) in [6.45, 7) is 8.98. The van der Waals surface area contributed by atoms with E-state index in [4.69, 9.17) is 4.74 Å². The Morgan fingerprint density at radius 3 is 2.50 bits per heavy atom. The smallest absolute Gasteiger partial charge is 0.355 e. The number of aromatic nitrogens is 1. The van der Waals surface area contributed by atoms with Crippen LogP contribution in [0.3, 0.4) is 0 Å². The highest BCUT2D eigenvalue weighted by Crippen LogP contribution is 2.66. The molecule has 0 spiro atoms. The highest BCUT2D eigenvalue weighted by atomic mass is 16.5. The maximum Gasteiger partial charge on any atom is 0.355 e. The van der Waals surface area contributed by atoms with Crippen LogP contribution in [0, 0.1) is 23.7 Å². The lowest BCUT2D eigenvalue weighted by Gasteiger charge is -2.38. The summed E-state index contributed by atoms with van der Waals surface area (Å²) in [5.41, 5.74) is 2.15. The molecule has 2 fully saturated rings. The molecule has 0 N–H and O–H groups in total. The second-order valence-electron chi connectivity index (χ2n) is 7.42. The Labute approximate surface area is 121 Å². The van der Waals surface area contributed by atoms with E-state index in [2.05, 4.69) is 20.8 Å². The summed E-state index contributed by atoms with van der Waals surface area (Å²) in [5.74, 6) is 0.524. The van der Waals surface area contributed by atoms with Crippen LogP contribution in [0.1, 0.15) is 56.2 Å². The van der Waals surface area contributed by atoms with Crippen molar-refractivity contribution < 1.29 is 9.53 Å². The van der Waals surface area contributed by atoms with Crippen LogP contribution < -0.4 is 0 Å². The number of hydrogen-bond acceptors (Lipinski definition) is 2. The van der Waals surface area contributed by atoms with E-state index in [0.29, 0.717) is 11.6 Å². The monoisotopic (exact) mass is 275 g/mol. The molecule has 0 saturated heterocycles. The van der Waals surface area contributed by atoms with Crippen molar-refractivity contribution in [3.05, 3.63) is 23.5 Å². The first-order valence-corrected chi connectivity index (χ1v) is 7.60. The van der Waals surface area contributed by atoms with Crippen LogP contribution in [-0.4, -0.2) is 16.6 Å². The number of aryl methyl sites for hydroxylation is 1. The van der Waals surface area contributed by atoms with Crippen LogP contribution >= 0.6 is 0 Å². The lowest BCUT2D eigenvalue weighted by Crippen LogP contribution is -2.38. The molecular formula is C17H25NO2. The van der Waals surface area contributed by atoms with Gasteiger partial charge in [-0.1, -0.05) is 20.8 Å². The van der Waals surface area contributed by atoms with Crippen LogP contribution in [-0.2, 0) is 11.8 Å². The van der Waals surface area contributed by atoms with Crippen molar-refractivity contribution in [3.63, 3.8) is 0 Å². The van der Waals surface area contributed by atoms with Gasteiger partial charge >= 0.3 is 5.97 Å². The van der Waals surface area contributed by atoms with E-state index >= 15 is 0 Å². The van der Waals surface area contributed by atoms with E-state index in [1.807, 2.05) is 30.7 Å². The number of fused-ring (bicyclic) bond motifs is 2. The van der Waals surface area contributed by atoms with E-state index in [1.54, 1.807) is 0 Å². The zero-order valence-corrected chi connectivity index (χ0v) is 13.2. The fraction of sp³-hybridized carbons (Fsp3) is 0.706. The number of carbonyl (C=O) groups is 1. The summed E-state index contributed by atoms with van der Waals surface area (Å²) in [4.78, 5) is 12.4. The number of ether oxygens (including phenoxy) is 1. The summed E-state index contributed by atoms with van der Waals surface area (Å²) < 4.78 is 7.81. The van der Waals surface area contributed by atoms with Gasteiger partial charge in [0.05, 0.1) is 0 Å². The molecule has 1 aromatic heterocycles. The molecule has 0 aromatic carbocycles. The molecule has 2 aliphatic rings. The molecule has 1 heterocycles. The minimum Gasteiger partial charge on any atom is -0.457 e. The zero-order valence-electron chi connectivity index (χ0n) is 13.2. The maximum absolute atomic E-state index is 12.4. The first-order chi connectivity index (χ1) is 9.27. The molecule has 3 unspecified atom stereocenters. The average Bonchev–Trinajstić information content (AvgIpc) is 2.88. The highest BCUT2D eigenvalue weighted by molar-refractivity contribution is 5.88. The van der Waals surface area contributed by atoms with Gasteiger partial charge in [0.1, 0.15) is 11.8 Å². The predicted octanol–water partition coefficient (Wildman–Crippen LogP) is 3.71. The summed E-state index contributed by atoms with van der Waals surface area (Å²) >= 11 is 0. The third kappa shape index (κ3) is 1.61. The molecule has 0 aliphatic heterocycles. The largest absolute Gasteiger partial charge is 0.457 e. The van der Waals surface area contributed by atoms with Crippen molar-refractivity contribution in [2.75, 3.05) is 0 Å². The number of esters is 1. The van der Waals surface area contributed by atoms with Crippen molar-refractivity contribution in [2.24, 2.45) is 23.8 Å². The first kappa shape index (κ1) is 13.7. The van der Waals surface area contributed by atoms with E-state index < -0.39 is 0 Å². The second kappa shape index (κ2) is 4.12. The van der Waals surface area contributed by atoms with Gasteiger partial charge in [0, 0.05) is 18.2 Å². The third-order valence-electron chi connectivity index (χ3n) is 6.55. The summed E-state index contributed by atoms with van der Waals surface area (Å²) in [6.07, 6.45) is 3.55. The Morgan fingerprint density at radius 1 is 1.35 bits per heavy atom. The quantitative estimate of drug-likeness (QED) is 0.771. The van der Waals surface area contributed by atoms with Crippen molar-refractivity contribution >= 4 is 5.97 Å². The minimum atomic E-state index is -0.171. The van der Waals surface area contributed by atoms with Crippen molar-refractivity contribution in [1.82, 2.24) is 4.57 Å². The lowest BCUT2D eigenvalue weighted by atomic mass is 9.70. The molecule has 110 valence electrons. The molecule has 1 aromatic rings. The van der Waals surface area contributed by atoms with E-state index in [9.17, 15) is 4.79 Å². The summed E-state index contributed by atoms with van der Waals surface area (Å²) in [5, 5.41) is 0. The minimum absolute atomic E-state index is 0.0685. The molecule has 3 heteroatoms. The molecule has 2 saturated carbocycles. The summed E-state index contributed by atoms with van der Waals surface area (Å²) in [7, 11) is 1.92. The van der Waals surface area contributed by atoms with Gasteiger partial charge in [-0.25, -0.2) is 4.79 Å². The predicted molar refractivity (Wildman–Crippen MR) is 78.6 cm³/mol. The molecule has 3 atom stereocenters. The van der Waals surface area contributed by atoms with Gasteiger partial charge < -0.3 is 9.30 Å². The van der Waals surface area contributed by atoms with Crippen molar-refractivity contribution in [1.29, 1.82) is 0 Å². The fourth-order valence-corrected chi connectivity index (χ4v) is 4.32. The Hall–Kier alpha value is -1.25. The molecule has 0 amide bonds. The summed E-state index contributed by atoms with van der Waals surface area (Å²) in [6, 6.07) is 3.82. The number of nitrogens with zero attached hydrogens (tertiary/aromatic N) is 1. The Bertz CT molecular complexity index is 557. The van der Waals surface area contributed by atoms with Crippen LogP contribution in [0.2, 0.25) is 0 Å². The second-order valence-corrected chi connectivity index (χ2v) is 7.42. The van der Waals surface area contributed by atoms with E-state index in [-0.39, 0.29) is 22.9 Å². The van der Waals surface area contributed by atoms with Gasteiger partial charge in [0.25, 0.3) is 0 Å². The normalized spacial score (nSPS) is 34.5. The third-order valence-corrected chi connectivity index (χ3v) is 6.55. The van der Waals surface area contributed by atoms with Crippen LogP contribution in [0.4, 0.5) is 0 Å². The van der Waals surface area contributed by atoms with Gasteiger partial charge in [-0.2, -0.15) is 0 Å². The van der Waals surface area contributed by atoms with Gasteiger partial charge in [0.2, 0.25) is 0 Å². The lowest BCUT2D eigenvalue weighted by molar-refractivity contribution is -0.0249. The Kier molecular flexibility index (Phi) is 2.83. The molecule has 2 aliphatic carbocycles. The van der Waals surface area contributed by atoms with E-state index in [0.717, 1.165) is 12.1 Å². The Morgan fingerprint density at radius 2 is 2.05 bits per heavy atom. The van der Waals surface area contributed by atoms with E-state index in [1.165, 1.54) is 12.8 Å². The maximum atomic E-state index is 12.4. The van der Waals surface area contributed by atoms with Crippen LogP contribution in [0.5, 0.6) is 0 Å². The number of carbonyl (C=O) groups excluding carboxylic acids is 1. The molecular weight excluding hydrogens is 250 g/mol. The topological polar surface area (TPSA) is 31.2 Å². The molecule has 20 heavy (non-hydrogen) atoms. The molecule has 3 rings (SSSR count). The van der Waals surface area contributed by atoms with Crippen molar-refractivity contribution in [2.45, 2.75) is 53.1 Å².